The van der Waals surface area contributed by atoms with Crippen molar-refractivity contribution < 1.29 is 9.59 Å². The van der Waals surface area contributed by atoms with Crippen LogP contribution in [0, 0.1) is 23.7 Å². The van der Waals surface area contributed by atoms with E-state index in [1.807, 2.05) is 24.4 Å². The maximum atomic E-state index is 12.8. The molecule has 1 saturated carbocycles. The van der Waals surface area contributed by atoms with Gasteiger partial charge in [0, 0.05) is 29.2 Å². The molecule has 2 fully saturated rings. The average Bonchev–Trinajstić information content (AvgIpc) is 3.18. The first kappa shape index (κ1) is 15.6. The minimum Gasteiger partial charge on any atom is -0.347 e. The summed E-state index contributed by atoms with van der Waals surface area (Å²) in [5.41, 5.74) is 2.06. The van der Waals surface area contributed by atoms with Gasteiger partial charge in [-0.1, -0.05) is 30.4 Å². The molecule has 2 amide bonds. The molecule has 0 N–H and O–H groups in total. The van der Waals surface area contributed by atoms with E-state index >= 15 is 0 Å². The van der Waals surface area contributed by atoms with Gasteiger partial charge < -0.3 is 4.57 Å². The maximum absolute atomic E-state index is 12.8. The predicted molar refractivity (Wildman–Crippen MR) is 99.4 cm³/mol. The summed E-state index contributed by atoms with van der Waals surface area (Å²) < 4.78 is 2.15. The van der Waals surface area contributed by atoms with Crippen LogP contribution < -0.4 is 0 Å². The third-order valence-corrected chi connectivity index (χ3v) is 6.21. The van der Waals surface area contributed by atoms with Crippen molar-refractivity contribution >= 4 is 28.9 Å². The Bertz CT molecular complexity index is 939. The number of hydrazone groups is 1. The molecule has 0 radical (unpaired) electrons. The molecule has 2 aromatic rings. The number of carbonyl (C=O) groups excluding carboxylic acids is 2. The lowest BCUT2D eigenvalue weighted by Gasteiger charge is -2.37. The molecular weight excluding hydrogens is 326 g/mol. The van der Waals surface area contributed by atoms with E-state index in [9.17, 15) is 9.59 Å². The molecule has 0 spiro atoms. The van der Waals surface area contributed by atoms with Gasteiger partial charge in [0.05, 0.1) is 18.1 Å². The van der Waals surface area contributed by atoms with E-state index in [2.05, 4.69) is 34.8 Å². The summed E-state index contributed by atoms with van der Waals surface area (Å²) >= 11 is 0. The fraction of sp³-hybridized carbons (Fsp3) is 0.381. The van der Waals surface area contributed by atoms with E-state index in [0.717, 1.165) is 40.9 Å². The van der Waals surface area contributed by atoms with Crippen LogP contribution in [0.3, 0.4) is 0 Å². The van der Waals surface area contributed by atoms with Crippen molar-refractivity contribution in [1.29, 1.82) is 0 Å². The lowest BCUT2D eigenvalue weighted by molar-refractivity contribution is -0.140. The van der Waals surface area contributed by atoms with Crippen molar-refractivity contribution in [2.24, 2.45) is 28.8 Å². The number of carbonyl (C=O) groups is 2. The van der Waals surface area contributed by atoms with Crippen LogP contribution in [0.1, 0.15) is 25.3 Å². The number of allylic oxidation sites excluding steroid dienone is 2. The van der Waals surface area contributed by atoms with Gasteiger partial charge in [-0.25, -0.2) is 0 Å². The van der Waals surface area contributed by atoms with Gasteiger partial charge in [-0.2, -0.15) is 10.1 Å². The Morgan fingerprint density at radius 3 is 2.35 bits per heavy atom. The minimum atomic E-state index is -0.208. The fourth-order valence-electron chi connectivity index (χ4n) is 4.93. The highest BCUT2D eigenvalue weighted by Gasteiger charge is 2.56. The Morgan fingerprint density at radius 1 is 1.08 bits per heavy atom. The van der Waals surface area contributed by atoms with Gasteiger partial charge in [0.15, 0.2) is 0 Å². The highest BCUT2D eigenvalue weighted by Crippen LogP contribution is 2.49. The lowest BCUT2D eigenvalue weighted by Crippen LogP contribution is -2.38. The first-order valence-electron chi connectivity index (χ1n) is 9.37. The third-order valence-electron chi connectivity index (χ3n) is 6.21. The number of benzene rings is 1. The normalized spacial score (nSPS) is 30.1. The van der Waals surface area contributed by atoms with Gasteiger partial charge in [0.2, 0.25) is 0 Å². The number of fused-ring (bicyclic) bond motifs is 2. The van der Waals surface area contributed by atoms with Crippen LogP contribution in [0.4, 0.5) is 0 Å². The standard InChI is InChI=1S/C21H21N3O2/c1-2-23-12-15(16-5-3-4-6-17(16)23)11-22-24-20(25)18-13-7-8-14(10-9-13)19(18)21(24)26/h3-8,11-14,18-19H,2,9-10H2,1H3/b22-11-/t13-,14-,18-,19-/m0/s1. The van der Waals surface area contributed by atoms with Crippen LogP contribution in [-0.2, 0) is 16.1 Å². The second kappa shape index (κ2) is 5.66. The molecule has 1 aromatic carbocycles. The van der Waals surface area contributed by atoms with Crippen LogP contribution >= 0.6 is 0 Å². The number of hydrogen-bond acceptors (Lipinski definition) is 3. The number of rotatable bonds is 3. The molecule has 6 rings (SSSR count). The van der Waals surface area contributed by atoms with Crippen molar-refractivity contribution in [2.75, 3.05) is 0 Å². The molecule has 2 heterocycles. The number of para-hydroxylation sites is 1. The summed E-state index contributed by atoms with van der Waals surface area (Å²) in [6, 6.07) is 8.11. The Hall–Kier alpha value is -2.69. The number of nitrogens with zero attached hydrogens (tertiary/aromatic N) is 3. The van der Waals surface area contributed by atoms with Crippen molar-refractivity contribution in [2.45, 2.75) is 26.3 Å². The van der Waals surface area contributed by atoms with Crippen molar-refractivity contribution in [1.82, 2.24) is 9.58 Å². The molecular formula is C21H21N3O2. The zero-order valence-electron chi connectivity index (χ0n) is 14.7. The molecule has 1 aromatic heterocycles. The molecule has 4 aliphatic rings. The first-order chi connectivity index (χ1) is 12.7. The van der Waals surface area contributed by atoms with Crippen molar-refractivity contribution in [3.63, 3.8) is 0 Å². The van der Waals surface area contributed by atoms with Crippen molar-refractivity contribution in [3.05, 3.63) is 48.2 Å². The summed E-state index contributed by atoms with van der Waals surface area (Å²) in [5, 5.41) is 6.55. The van der Waals surface area contributed by atoms with Gasteiger partial charge in [-0.05, 0) is 37.7 Å². The third kappa shape index (κ3) is 2.06. The van der Waals surface area contributed by atoms with E-state index in [0.29, 0.717) is 0 Å². The molecule has 132 valence electrons. The summed E-state index contributed by atoms with van der Waals surface area (Å²) in [6.07, 6.45) is 9.95. The molecule has 3 aliphatic carbocycles. The summed E-state index contributed by atoms with van der Waals surface area (Å²) in [7, 11) is 0. The fourth-order valence-corrected chi connectivity index (χ4v) is 4.93. The number of hydrogen-bond donors (Lipinski definition) is 0. The highest BCUT2D eigenvalue weighted by atomic mass is 16.2. The minimum absolute atomic E-state index is 0.130. The Morgan fingerprint density at radius 2 is 1.73 bits per heavy atom. The molecule has 4 atom stereocenters. The van der Waals surface area contributed by atoms with E-state index in [1.54, 1.807) is 6.21 Å². The van der Waals surface area contributed by atoms with Gasteiger partial charge in [0.1, 0.15) is 0 Å². The topological polar surface area (TPSA) is 54.7 Å². The maximum Gasteiger partial charge on any atom is 0.254 e. The molecule has 26 heavy (non-hydrogen) atoms. The van der Waals surface area contributed by atoms with Gasteiger partial charge in [-0.3, -0.25) is 9.59 Å². The average molecular weight is 347 g/mol. The molecule has 2 bridgehead atoms. The lowest BCUT2D eigenvalue weighted by atomic mass is 9.63. The molecule has 1 saturated heterocycles. The molecule has 0 unspecified atom stereocenters. The number of amides is 2. The van der Waals surface area contributed by atoms with Gasteiger partial charge in [-0.15, -0.1) is 0 Å². The highest BCUT2D eigenvalue weighted by molar-refractivity contribution is 6.07. The van der Waals surface area contributed by atoms with Crippen molar-refractivity contribution in [3.8, 4) is 0 Å². The second-order valence-electron chi connectivity index (χ2n) is 7.46. The predicted octanol–water partition coefficient (Wildman–Crippen LogP) is 3.19. The summed E-state index contributed by atoms with van der Waals surface area (Å²) in [4.78, 5) is 25.7. The first-order valence-corrected chi connectivity index (χ1v) is 9.37. The Balaban J connectivity index is 1.49. The van der Waals surface area contributed by atoms with E-state index in [1.165, 1.54) is 0 Å². The Labute approximate surface area is 152 Å². The van der Waals surface area contributed by atoms with Crippen LogP contribution in [0.2, 0.25) is 0 Å². The summed E-state index contributed by atoms with van der Waals surface area (Å²) in [5.74, 6) is -0.280. The largest absolute Gasteiger partial charge is 0.347 e. The smallest absolute Gasteiger partial charge is 0.254 e. The van der Waals surface area contributed by atoms with Gasteiger partial charge in [0.25, 0.3) is 11.8 Å². The number of aromatic nitrogens is 1. The second-order valence-corrected chi connectivity index (χ2v) is 7.46. The number of imide groups is 1. The Kier molecular flexibility index (Phi) is 3.39. The number of aryl methyl sites for hydroxylation is 1. The monoisotopic (exact) mass is 347 g/mol. The molecule has 5 nitrogen and oxygen atoms in total. The van der Waals surface area contributed by atoms with E-state index < -0.39 is 0 Å². The quantitative estimate of drug-likeness (QED) is 0.486. The van der Waals surface area contributed by atoms with Gasteiger partial charge >= 0.3 is 0 Å². The van der Waals surface area contributed by atoms with Crippen LogP contribution in [0.25, 0.3) is 10.9 Å². The van der Waals surface area contributed by atoms with Crippen LogP contribution in [0.15, 0.2) is 47.7 Å². The molecule has 1 aliphatic heterocycles. The van der Waals surface area contributed by atoms with Crippen LogP contribution in [0.5, 0.6) is 0 Å². The summed E-state index contributed by atoms with van der Waals surface area (Å²) in [6.45, 7) is 2.95. The zero-order valence-corrected chi connectivity index (χ0v) is 14.7. The molecule has 5 heteroatoms. The SMILES string of the molecule is CCn1cc(/C=N\N2C(=O)[C@@H]3[C@@H](C2=O)[C@H]2C=C[C@H]3CC2)c2ccccc21. The van der Waals surface area contributed by atoms with E-state index in [4.69, 9.17) is 0 Å². The zero-order chi connectivity index (χ0) is 17.8. The van der Waals surface area contributed by atoms with E-state index in [-0.39, 0.29) is 35.5 Å². The van der Waals surface area contributed by atoms with Crippen LogP contribution in [-0.4, -0.2) is 27.6 Å².